The lowest BCUT2D eigenvalue weighted by Crippen LogP contribution is -2.34. The molecular weight excluding hydrogens is 260 g/mol. The van der Waals surface area contributed by atoms with Gasteiger partial charge in [0.15, 0.2) is 0 Å². The van der Waals surface area contributed by atoms with E-state index in [4.69, 9.17) is 14.5 Å². The van der Waals surface area contributed by atoms with Crippen LogP contribution in [0.5, 0.6) is 0 Å². The summed E-state index contributed by atoms with van der Waals surface area (Å²) in [4.78, 5) is 6.06. The molecule has 1 unspecified atom stereocenters. The van der Waals surface area contributed by atoms with Crippen molar-refractivity contribution in [1.29, 1.82) is 0 Å². The summed E-state index contributed by atoms with van der Waals surface area (Å²) in [5.74, 6) is 0.621. The molecule has 1 aromatic heterocycles. The first-order valence-electron chi connectivity index (χ1n) is 6.96. The summed E-state index contributed by atoms with van der Waals surface area (Å²) in [6.07, 6.45) is 2.23. The van der Waals surface area contributed by atoms with Crippen LogP contribution in [0.4, 0.5) is 0 Å². The highest BCUT2D eigenvalue weighted by Gasteiger charge is 2.27. The van der Waals surface area contributed by atoms with Crippen molar-refractivity contribution in [3.05, 3.63) is 15.6 Å². The topological polar surface area (TPSA) is 43.4 Å². The highest BCUT2D eigenvalue weighted by Crippen LogP contribution is 2.33. The van der Waals surface area contributed by atoms with E-state index >= 15 is 0 Å². The molecule has 0 saturated carbocycles. The third-order valence-electron chi connectivity index (χ3n) is 3.72. The zero-order valence-electron chi connectivity index (χ0n) is 12.1. The zero-order valence-corrected chi connectivity index (χ0v) is 12.9. The highest BCUT2D eigenvalue weighted by molar-refractivity contribution is 7.11. The smallest absolute Gasteiger partial charge is 0.110 e. The molecule has 108 valence electrons. The summed E-state index contributed by atoms with van der Waals surface area (Å²) in [7, 11) is 1.74. The molecular formula is C14H24N2O2S. The van der Waals surface area contributed by atoms with Gasteiger partial charge in [0, 0.05) is 31.7 Å². The summed E-state index contributed by atoms with van der Waals surface area (Å²) in [5, 5.41) is 4.83. The van der Waals surface area contributed by atoms with Crippen LogP contribution in [0.1, 0.15) is 34.5 Å². The number of hydrogen-bond acceptors (Lipinski definition) is 5. The predicted molar refractivity (Wildman–Crippen MR) is 77.8 cm³/mol. The summed E-state index contributed by atoms with van der Waals surface area (Å²) in [5.41, 5.74) is 1.16. The van der Waals surface area contributed by atoms with Crippen LogP contribution >= 0.6 is 11.3 Å². The van der Waals surface area contributed by atoms with Gasteiger partial charge in [0.05, 0.1) is 18.3 Å². The van der Waals surface area contributed by atoms with Crippen molar-refractivity contribution in [1.82, 2.24) is 10.3 Å². The standard InChI is InChI=1S/C14H24N2O2S/c1-10-11(2)19-14(16-10)13(15-6-9-17-3)12-4-7-18-8-5-12/h12-13,15H,4-9H2,1-3H3. The number of methoxy groups -OCH3 is 1. The van der Waals surface area contributed by atoms with Crippen molar-refractivity contribution in [3.63, 3.8) is 0 Å². The van der Waals surface area contributed by atoms with E-state index < -0.39 is 0 Å². The van der Waals surface area contributed by atoms with Gasteiger partial charge in [-0.15, -0.1) is 11.3 Å². The second kappa shape index (κ2) is 7.33. The first-order valence-corrected chi connectivity index (χ1v) is 7.78. The minimum atomic E-state index is 0.344. The molecule has 5 heteroatoms. The van der Waals surface area contributed by atoms with E-state index in [0.717, 1.165) is 44.9 Å². The number of rotatable bonds is 6. The number of aryl methyl sites for hydroxylation is 2. The van der Waals surface area contributed by atoms with Crippen LogP contribution < -0.4 is 5.32 Å². The Kier molecular flexibility index (Phi) is 5.76. The van der Waals surface area contributed by atoms with Gasteiger partial charge in [0.2, 0.25) is 0 Å². The average molecular weight is 284 g/mol. The summed E-state index contributed by atoms with van der Waals surface area (Å²) >= 11 is 1.82. The molecule has 0 bridgehead atoms. The number of hydrogen-bond donors (Lipinski definition) is 1. The van der Waals surface area contributed by atoms with Gasteiger partial charge < -0.3 is 14.8 Å². The number of ether oxygens (including phenoxy) is 2. The maximum Gasteiger partial charge on any atom is 0.110 e. The van der Waals surface area contributed by atoms with Crippen LogP contribution in [-0.2, 0) is 9.47 Å². The number of nitrogens with zero attached hydrogens (tertiary/aromatic N) is 1. The molecule has 1 N–H and O–H groups in total. The molecule has 0 amide bonds. The molecule has 19 heavy (non-hydrogen) atoms. The molecule has 1 fully saturated rings. The van der Waals surface area contributed by atoms with Gasteiger partial charge in [-0.2, -0.15) is 0 Å². The van der Waals surface area contributed by atoms with Crippen molar-refractivity contribution in [2.24, 2.45) is 5.92 Å². The third-order valence-corrected chi connectivity index (χ3v) is 4.87. The molecule has 2 heterocycles. The summed E-state index contributed by atoms with van der Waals surface area (Å²) in [6.45, 7) is 7.59. The summed E-state index contributed by atoms with van der Waals surface area (Å²) in [6, 6.07) is 0.344. The van der Waals surface area contributed by atoms with Crippen LogP contribution in [0.15, 0.2) is 0 Å². The minimum Gasteiger partial charge on any atom is -0.383 e. The van der Waals surface area contributed by atoms with Crippen molar-refractivity contribution in [3.8, 4) is 0 Å². The fourth-order valence-corrected chi connectivity index (χ4v) is 3.54. The molecule has 1 aromatic rings. The van der Waals surface area contributed by atoms with Crippen molar-refractivity contribution in [2.75, 3.05) is 33.5 Å². The lowest BCUT2D eigenvalue weighted by molar-refractivity contribution is 0.0524. The average Bonchev–Trinajstić information content (AvgIpc) is 2.75. The van der Waals surface area contributed by atoms with E-state index in [1.807, 2.05) is 11.3 Å². The van der Waals surface area contributed by atoms with E-state index in [1.165, 1.54) is 9.88 Å². The Morgan fingerprint density at radius 3 is 2.74 bits per heavy atom. The Balaban J connectivity index is 2.07. The normalized spacial score (nSPS) is 18.7. The molecule has 0 aromatic carbocycles. The molecule has 1 atom stereocenters. The molecule has 0 radical (unpaired) electrons. The fraction of sp³-hybridized carbons (Fsp3) is 0.786. The summed E-state index contributed by atoms with van der Waals surface area (Å²) < 4.78 is 10.6. The van der Waals surface area contributed by atoms with Crippen LogP contribution in [0.25, 0.3) is 0 Å². The van der Waals surface area contributed by atoms with Crippen LogP contribution in [0.2, 0.25) is 0 Å². The SMILES string of the molecule is COCCNC(c1nc(C)c(C)s1)C1CCOCC1. The van der Waals surface area contributed by atoms with Gasteiger partial charge in [-0.3, -0.25) is 0 Å². The van der Waals surface area contributed by atoms with Gasteiger partial charge in [0.25, 0.3) is 0 Å². The molecule has 0 spiro atoms. The molecule has 1 aliphatic heterocycles. The molecule has 2 rings (SSSR count). The van der Waals surface area contributed by atoms with E-state index in [-0.39, 0.29) is 0 Å². The molecule has 0 aliphatic carbocycles. The zero-order chi connectivity index (χ0) is 13.7. The minimum absolute atomic E-state index is 0.344. The van der Waals surface area contributed by atoms with Crippen molar-refractivity contribution in [2.45, 2.75) is 32.7 Å². The van der Waals surface area contributed by atoms with E-state index in [2.05, 4.69) is 19.2 Å². The Morgan fingerprint density at radius 1 is 1.42 bits per heavy atom. The Hall–Kier alpha value is -0.490. The first-order chi connectivity index (χ1) is 9.22. The Bertz CT molecular complexity index is 369. The van der Waals surface area contributed by atoms with Crippen molar-refractivity contribution < 1.29 is 9.47 Å². The maximum atomic E-state index is 5.47. The fourth-order valence-electron chi connectivity index (χ4n) is 2.45. The van der Waals surface area contributed by atoms with Gasteiger partial charge >= 0.3 is 0 Å². The lowest BCUT2D eigenvalue weighted by Gasteiger charge is -2.29. The van der Waals surface area contributed by atoms with Crippen LogP contribution in [0.3, 0.4) is 0 Å². The Labute approximate surface area is 119 Å². The highest BCUT2D eigenvalue weighted by atomic mass is 32.1. The number of aromatic nitrogens is 1. The van der Waals surface area contributed by atoms with E-state index in [0.29, 0.717) is 12.0 Å². The van der Waals surface area contributed by atoms with Crippen molar-refractivity contribution >= 4 is 11.3 Å². The van der Waals surface area contributed by atoms with Gasteiger partial charge in [-0.1, -0.05) is 0 Å². The number of nitrogens with one attached hydrogen (secondary N) is 1. The third kappa shape index (κ3) is 3.99. The van der Waals surface area contributed by atoms with Gasteiger partial charge in [-0.25, -0.2) is 4.98 Å². The van der Waals surface area contributed by atoms with Gasteiger partial charge in [-0.05, 0) is 32.6 Å². The Morgan fingerprint density at radius 2 is 2.16 bits per heavy atom. The predicted octanol–water partition coefficient (Wildman–Crippen LogP) is 2.46. The van der Waals surface area contributed by atoms with Crippen LogP contribution in [0, 0.1) is 19.8 Å². The molecule has 4 nitrogen and oxygen atoms in total. The molecule has 1 saturated heterocycles. The molecule has 1 aliphatic rings. The lowest BCUT2D eigenvalue weighted by atomic mass is 9.92. The number of thiazole rings is 1. The maximum absolute atomic E-state index is 5.47. The first kappa shape index (κ1) is 14.9. The van der Waals surface area contributed by atoms with E-state index in [9.17, 15) is 0 Å². The van der Waals surface area contributed by atoms with Crippen LogP contribution in [-0.4, -0.2) is 38.5 Å². The quantitative estimate of drug-likeness (QED) is 0.815. The monoisotopic (exact) mass is 284 g/mol. The second-order valence-corrected chi connectivity index (χ2v) is 6.30. The second-order valence-electron chi connectivity index (χ2n) is 5.07. The van der Waals surface area contributed by atoms with E-state index in [1.54, 1.807) is 7.11 Å². The van der Waals surface area contributed by atoms with Gasteiger partial charge in [0.1, 0.15) is 5.01 Å². The largest absolute Gasteiger partial charge is 0.383 e.